The number of thioether (sulfide) groups is 1. The van der Waals surface area contributed by atoms with Gasteiger partial charge in [0.2, 0.25) is 5.91 Å². The number of amides is 1. The molecule has 1 unspecified atom stereocenters. The van der Waals surface area contributed by atoms with E-state index >= 15 is 0 Å². The summed E-state index contributed by atoms with van der Waals surface area (Å²) in [6.45, 7) is 8.12. The lowest BCUT2D eigenvalue weighted by atomic mass is 9.99. The van der Waals surface area contributed by atoms with E-state index in [9.17, 15) is 4.79 Å². The second-order valence-electron chi connectivity index (χ2n) is 6.22. The predicted octanol–water partition coefficient (Wildman–Crippen LogP) is 5.15. The summed E-state index contributed by atoms with van der Waals surface area (Å²) >= 11 is 1.72. The molecule has 0 aliphatic carbocycles. The third-order valence-corrected chi connectivity index (χ3v) is 6.03. The zero-order valence-corrected chi connectivity index (χ0v) is 15.6. The molecule has 130 valence electrons. The van der Waals surface area contributed by atoms with Crippen molar-refractivity contribution >= 4 is 23.7 Å². The van der Waals surface area contributed by atoms with Gasteiger partial charge in [0.15, 0.2) is 0 Å². The molecule has 0 spiro atoms. The molecule has 1 fully saturated rings. The number of pyridine rings is 1. The highest BCUT2D eigenvalue weighted by molar-refractivity contribution is 8.00. The van der Waals surface area contributed by atoms with Crippen LogP contribution in [-0.2, 0) is 4.79 Å². The maximum Gasteiger partial charge on any atom is 0.234 e. The maximum absolute atomic E-state index is 12.5. The van der Waals surface area contributed by atoms with E-state index in [2.05, 4.69) is 60.6 Å². The molecular formula is C21H24N2OS. The van der Waals surface area contributed by atoms with Crippen molar-refractivity contribution < 1.29 is 4.79 Å². The second-order valence-corrected chi connectivity index (χ2v) is 7.29. The van der Waals surface area contributed by atoms with Crippen molar-refractivity contribution in [2.45, 2.75) is 38.1 Å². The first kappa shape index (κ1) is 17.7. The Morgan fingerprint density at radius 3 is 2.64 bits per heavy atom. The summed E-state index contributed by atoms with van der Waals surface area (Å²) in [6, 6.07) is 10.7. The number of hydrogen-bond acceptors (Lipinski definition) is 3. The van der Waals surface area contributed by atoms with Crippen LogP contribution in [-0.4, -0.2) is 27.6 Å². The standard InChI is InChI=1S/C21H24N2OS/c1-4-15-7-9-16(10-8-15)19-13-22-12-11-18(19)21-23(17(5-2)6-3)20(24)14-25-21/h4,7-13,17,21H,1,5-6,14H2,2-3H3. The lowest BCUT2D eigenvalue weighted by molar-refractivity contribution is -0.130. The topological polar surface area (TPSA) is 33.2 Å². The van der Waals surface area contributed by atoms with Gasteiger partial charge < -0.3 is 4.90 Å². The Bertz CT molecular complexity index is 753. The van der Waals surface area contributed by atoms with Crippen LogP contribution in [0.2, 0.25) is 0 Å². The van der Waals surface area contributed by atoms with E-state index in [0.717, 1.165) is 29.5 Å². The summed E-state index contributed by atoms with van der Waals surface area (Å²) in [7, 11) is 0. The van der Waals surface area contributed by atoms with Gasteiger partial charge in [0.25, 0.3) is 0 Å². The Balaban J connectivity index is 2.02. The van der Waals surface area contributed by atoms with Crippen molar-refractivity contribution in [3.8, 4) is 11.1 Å². The molecule has 1 aromatic heterocycles. The van der Waals surface area contributed by atoms with Crippen LogP contribution in [0, 0.1) is 0 Å². The second kappa shape index (κ2) is 7.87. The monoisotopic (exact) mass is 352 g/mol. The largest absolute Gasteiger partial charge is 0.323 e. The van der Waals surface area contributed by atoms with Crippen molar-refractivity contribution in [1.82, 2.24) is 9.88 Å². The fourth-order valence-corrected chi connectivity index (χ4v) is 4.70. The molecule has 1 aromatic carbocycles. The van der Waals surface area contributed by atoms with Gasteiger partial charge in [-0.25, -0.2) is 0 Å². The number of benzene rings is 1. The highest BCUT2D eigenvalue weighted by Crippen LogP contribution is 2.44. The average Bonchev–Trinajstić information content (AvgIpc) is 3.04. The quantitative estimate of drug-likeness (QED) is 0.720. The van der Waals surface area contributed by atoms with E-state index in [-0.39, 0.29) is 17.3 Å². The van der Waals surface area contributed by atoms with Crippen LogP contribution < -0.4 is 0 Å². The molecule has 25 heavy (non-hydrogen) atoms. The summed E-state index contributed by atoms with van der Waals surface area (Å²) in [5.41, 5.74) is 4.49. The third kappa shape index (κ3) is 3.49. The highest BCUT2D eigenvalue weighted by Gasteiger charge is 2.37. The van der Waals surface area contributed by atoms with Crippen LogP contribution in [0.25, 0.3) is 17.2 Å². The van der Waals surface area contributed by atoms with Crippen molar-refractivity contribution in [1.29, 1.82) is 0 Å². The van der Waals surface area contributed by atoms with Crippen LogP contribution >= 0.6 is 11.8 Å². The minimum Gasteiger partial charge on any atom is -0.323 e. The zero-order valence-electron chi connectivity index (χ0n) is 14.8. The molecule has 1 saturated heterocycles. The number of carbonyl (C=O) groups is 1. The molecule has 0 bridgehead atoms. The van der Waals surface area contributed by atoms with E-state index in [4.69, 9.17) is 0 Å². The summed E-state index contributed by atoms with van der Waals surface area (Å²) in [5.74, 6) is 0.798. The summed E-state index contributed by atoms with van der Waals surface area (Å²) < 4.78 is 0. The summed E-state index contributed by atoms with van der Waals surface area (Å²) in [6.07, 6.45) is 7.54. The first-order valence-electron chi connectivity index (χ1n) is 8.79. The zero-order chi connectivity index (χ0) is 17.8. The number of hydrogen-bond donors (Lipinski definition) is 0. The Labute approximate surface area is 154 Å². The molecule has 4 heteroatoms. The van der Waals surface area contributed by atoms with Gasteiger partial charge in [-0.1, -0.05) is 50.8 Å². The lowest BCUT2D eigenvalue weighted by Crippen LogP contribution is -2.37. The van der Waals surface area contributed by atoms with E-state index < -0.39 is 0 Å². The van der Waals surface area contributed by atoms with Crippen LogP contribution in [0.3, 0.4) is 0 Å². The van der Waals surface area contributed by atoms with Gasteiger partial charge >= 0.3 is 0 Å². The van der Waals surface area contributed by atoms with Crippen LogP contribution in [0.5, 0.6) is 0 Å². The van der Waals surface area contributed by atoms with Gasteiger partial charge in [0, 0.05) is 24.0 Å². The van der Waals surface area contributed by atoms with E-state index in [1.165, 1.54) is 5.56 Å². The molecule has 2 heterocycles. The minimum absolute atomic E-state index is 0.0643. The van der Waals surface area contributed by atoms with Gasteiger partial charge in [-0.15, -0.1) is 11.8 Å². The predicted molar refractivity (Wildman–Crippen MR) is 106 cm³/mol. The molecule has 1 atom stereocenters. The Hall–Kier alpha value is -2.07. The summed E-state index contributed by atoms with van der Waals surface area (Å²) in [5, 5.41) is 0.0643. The first-order valence-corrected chi connectivity index (χ1v) is 9.84. The highest BCUT2D eigenvalue weighted by atomic mass is 32.2. The third-order valence-electron chi connectivity index (χ3n) is 4.82. The van der Waals surface area contributed by atoms with Crippen molar-refractivity contribution in [2.75, 3.05) is 5.75 Å². The molecule has 1 aliphatic heterocycles. The number of carbonyl (C=O) groups excluding carboxylic acids is 1. The number of aromatic nitrogens is 1. The molecule has 1 amide bonds. The molecule has 3 nitrogen and oxygen atoms in total. The minimum atomic E-state index is 0.0643. The molecule has 0 N–H and O–H groups in total. The fraction of sp³-hybridized carbons (Fsp3) is 0.333. The molecule has 1 aliphatic rings. The smallest absolute Gasteiger partial charge is 0.234 e. The van der Waals surface area contributed by atoms with Gasteiger partial charge in [0.1, 0.15) is 5.37 Å². The SMILES string of the molecule is C=Cc1ccc(-c2cnccc2C2SCC(=O)N2C(CC)CC)cc1. The van der Waals surface area contributed by atoms with Crippen LogP contribution in [0.4, 0.5) is 0 Å². The van der Waals surface area contributed by atoms with E-state index in [1.54, 1.807) is 11.8 Å². The molecular weight excluding hydrogens is 328 g/mol. The van der Waals surface area contributed by atoms with Gasteiger partial charge in [0.05, 0.1) is 5.75 Å². The molecule has 0 saturated carbocycles. The maximum atomic E-state index is 12.5. The van der Waals surface area contributed by atoms with Gasteiger partial charge in [-0.3, -0.25) is 9.78 Å². The van der Waals surface area contributed by atoms with Gasteiger partial charge in [-0.2, -0.15) is 0 Å². The van der Waals surface area contributed by atoms with Crippen molar-refractivity contribution in [2.24, 2.45) is 0 Å². The molecule has 2 aromatic rings. The Morgan fingerprint density at radius 2 is 2.00 bits per heavy atom. The molecule has 0 radical (unpaired) electrons. The number of nitrogens with zero attached hydrogens (tertiary/aromatic N) is 2. The lowest BCUT2D eigenvalue weighted by Gasteiger charge is -2.32. The number of rotatable bonds is 6. The van der Waals surface area contributed by atoms with Crippen molar-refractivity contribution in [3.05, 3.63) is 60.4 Å². The van der Waals surface area contributed by atoms with Crippen molar-refractivity contribution in [3.63, 3.8) is 0 Å². The van der Waals surface area contributed by atoms with E-state index in [0.29, 0.717) is 5.75 Å². The summed E-state index contributed by atoms with van der Waals surface area (Å²) in [4.78, 5) is 18.9. The molecule has 3 rings (SSSR count). The Morgan fingerprint density at radius 1 is 1.28 bits per heavy atom. The van der Waals surface area contributed by atoms with E-state index in [1.807, 2.05) is 18.5 Å². The van der Waals surface area contributed by atoms with Crippen LogP contribution in [0.1, 0.15) is 43.2 Å². The fourth-order valence-electron chi connectivity index (χ4n) is 3.41. The van der Waals surface area contributed by atoms with Gasteiger partial charge in [-0.05, 0) is 35.6 Å². The van der Waals surface area contributed by atoms with Crippen LogP contribution in [0.15, 0.2) is 49.3 Å². The Kier molecular flexibility index (Phi) is 5.59. The first-order chi connectivity index (χ1) is 12.2. The normalized spacial score (nSPS) is 17.3. The average molecular weight is 353 g/mol.